The summed E-state index contributed by atoms with van der Waals surface area (Å²) in [5.74, 6) is 0. The maximum Gasteiger partial charge on any atom is 0.0205 e. The first-order chi connectivity index (χ1) is 3.84. The van der Waals surface area contributed by atoms with Crippen molar-refractivity contribution < 1.29 is 0 Å². The monoisotopic (exact) mass is 144 g/mol. The molecule has 1 rings (SSSR count). The summed E-state index contributed by atoms with van der Waals surface area (Å²) >= 11 is 3.58. The molecule has 0 aliphatic heterocycles. The van der Waals surface area contributed by atoms with Crippen LogP contribution in [0.2, 0.25) is 0 Å². The zero-order chi connectivity index (χ0) is 5.98. The van der Waals surface area contributed by atoms with Gasteiger partial charge in [-0.05, 0) is 24.1 Å². The molecule has 0 aromatic carbocycles. The summed E-state index contributed by atoms with van der Waals surface area (Å²) in [4.78, 5) is 1.41. The topological polar surface area (TPSA) is 0 Å². The SMILES string of the molecule is CSc1cscc1C. The van der Waals surface area contributed by atoms with Crippen molar-refractivity contribution in [3.63, 3.8) is 0 Å². The molecule has 0 amide bonds. The summed E-state index contributed by atoms with van der Waals surface area (Å²) in [5, 5.41) is 4.35. The molecule has 0 aliphatic carbocycles. The quantitative estimate of drug-likeness (QED) is 0.546. The fourth-order valence-electron chi connectivity index (χ4n) is 0.558. The Bertz CT molecular complexity index is 167. The maximum absolute atomic E-state index is 2.18. The van der Waals surface area contributed by atoms with Crippen LogP contribution in [0, 0.1) is 6.92 Å². The minimum Gasteiger partial charge on any atom is -0.151 e. The molecule has 0 spiro atoms. The number of aryl methyl sites for hydroxylation is 1. The molecule has 8 heavy (non-hydrogen) atoms. The van der Waals surface area contributed by atoms with Crippen LogP contribution in [0.25, 0.3) is 0 Å². The molecule has 0 nitrogen and oxygen atoms in total. The molecule has 0 bridgehead atoms. The van der Waals surface area contributed by atoms with Gasteiger partial charge in [0.25, 0.3) is 0 Å². The van der Waals surface area contributed by atoms with Gasteiger partial charge in [0.05, 0.1) is 0 Å². The van der Waals surface area contributed by atoms with Crippen LogP contribution in [-0.2, 0) is 0 Å². The van der Waals surface area contributed by atoms with Crippen molar-refractivity contribution in [2.75, 3.05) is 6.26 Å². The van der Waals surface area contributed by atoms with Crippen molar-refractivity contribution in [2.24, 2.45) is 0 Å². The predicted molar refractivity (Wildman–Crippen MR) is 40.8 cm³/mol. The average Bonchev–Trinajstić information content (AvgIpc) is 2.14. The van der Waals surface area contributed by atoms with Gasteiger partial charge in [-0.15, -0.1) is 11.8 Å². The zero-order valence-electron chi connectivity index (χ0n) is 4.97. The van der Waals surface area contributed by atoms with Gasteiger partial charge in [-0.1, -0.05) is 0 Å². The number of hydrogen-bond acceptors (Lipinski definition) is 2. The van der Waals surface area contributed by atoms with E-state index in [9.17, 15) is 0 Å². The van der Waals surface area contributed by atoms with E-state index in [-0.39, 0.29) is 0 Å². The van der Waals surface area contributed by atoms with Crippen molar-refractivity contribution in [2.45, 2.75) is 11.8 Å². The molecule has 0 saturated carbocycles. The Balaban J connectivity index is 2.92. The van der Waals surface area contributed by atoms with Gasteiger partial charge in [0, 0.05) is 10.3 Å². The summed E-state index contributed by atoms with van der Waals surface area (Å²) in [6.45, 7) is 2.14. The number of rotatable bonds is 1. The molecule has 1 aromatic heterocycles. The van der Waals surface area contributed by atoms with Gasteiger partial charge < -0.3 is 0 Å². The fraction of sp³-hybridized carbons (Fsp3) is 0.333. The zero-order valence-corrected chi connectivity index (χ0v) is 6.60. The lowest BCUT2D eigenvalue weighted by Gasteiger charge is -1.87. The van der Waals surface area contributed by atoms with Crippen molar-refractivity contribution in [3.05, 3.63) is 16.3 Å². The summed E-state index contributed by atoms with van der Waals surface area (Å²) in [6.07, 6.45) is 2.11. The number of hydrogen-bond donors (Lipinski definition) is 0. The second-order valence-corrected chi connectivity index (χ2v) is 3.21. The molecule has 0 aliphatic rings. The van der Waals surface area contributed by atoms with Gasteiger partial charge in [0.15, 0.2) is 0 Å². The second kappa shape index (κ2) is 2.55. The lowest BCUT2D eigenvalue weighted by molar-refractivity contribution is 1.38. The molecule has 0 N–H and O–H groups in total. The lowest BCUT2D eigenvalue weighted by Crippen LogP contribution is -1.63. The van der Waals surface area contributed by atoms with Crippen molar-refractivity contribution in [3.8, 4) is 0 Å². The van der Waals surface area contributed by atoms with Crippen molar-refractivity contribution in [1.29, 1.82) is 0 Å². The van der Waals surface area contributed by atoms with Crippen molar-refractivity contribution in [1.82, 2.24) is 0 Å². The van der Waals surface area contributed by atoms with E-state index in [1.165, 1.54) is 10.5 Å². The second-order valence-electron chi connectivity index (χ2n) is 1.62. The average molecular weight is 144 g/mol. The molecule has 0 fully saturated rings. The predicted octanol–water partition coefficient (Wildman–Crippen LogP) is 2.78. The summed E-state index contributed by atoms with van der Waals surface area (Å²) < 4.78 is 0. The summed E-state index contributed by atoms with van der Waals surface area (Å²) in [5.41, 5.74) is 1.41. The molecule has 0 unspecified atom stereocenters. The maximum atomic E-state index is 2.18. The Morgan fingerprint density at radius 1 is 1.50 bits per heavy atom. The smallest absolute Gasteiger partial charge is 0.0205 e. The Morgan fingerprint density at radius 2 is 2.25 bits per heavy atom. The first kappa shape index (κ1) is 6.17. The highest BCUT2D eigenvalue weighted by atomic mass is 32.2. The van der Waals surface area contributed by atoms with Gasteiger partial charge in [-0.3, -0.25) is 0 Å². The molecular formula is C6H8S2. The highest BCUT2D eigenvalue weighted by molar-refractivity contribution is 7.98. The summed E-state index contributed by atoms with van der Waals surface area (Å²) in [7, 11) is 0. The standard InChI is InChI=1S/C6H8S2/c1-5-3-8-4-6(5)7-2/h3-4H,1-2H3. The highest BCUT2D eigenvalue weighted by Crippen LogP contribution is 2.22. The van der Waals surface area contributed by atoms with E-state index in [0.29, 0.717) is 0 Å². The van der Waals surface area contributed by atoms with Gasteiger partial charge in [0.2, 0.25) is 0 Å². The molecule has 0 radical (unpaired) electrons. The first-order valence-electron chi connectivity index (χ1n) is 2.41. The van der Waals surface area contributed by atoms with E-state index in [4.69, 9.17) is 0 Å². The molecule has 1 aromatic rings. The molecule has 44 valence electrons. The highest BCUT2D eigenvalue weighted by Gasteiger charge is 1.93. The van der Waals surface area contributed by atoms with Crippen LogP contribution in [0.1, 0.15) is 5.56 Å². The van der Waals surface area contributed by atoms with Crippen molar-refractivity contribution >= 4 is 23.1 Å². The Morgan fingerprint density at radius 3 is 2.50 bits per heavy atom. The number of thioether (sulfide) groups is 1. The van der Waals surface area contributed by atoms with E-state index in [1.807, 2.05) is 11.8 Å². The van der Waals surface area contributed by atoms with Crippen LogP contribution in [0.5, 0.6) is 0 Å². The van der Waals surface area contributed by atoms with Crippen LogP contribution >= 0.6 is 23.1 Å². The molecule has 2 heteroatoms. The van der Waals surface area contributed by atoms with Crippen LogP contribution in [0.4, 0.5) is 0 Å². The van der Waals surface area contributed by atoms with E-state index in [1.54, 1.807) is 11.3 Å². The molecule has 0 saturated heterocycles. The van der Waals surface area contributed by atoms with Gasteiger partial charge in [0.1, 0.15) is 0 Å². The lowest BCUT2D eigenvalue weighted by atomic mass is 10.4. The van der Waals surface area contributed by atoms with Crippen LogP contribution in [-0.4, -0.2) is 6.26 Å². The fourth-order valence-corrected chi connectivity index (χ4v) is 2.27. The Hall–Kier alpha value is 0.0500. The minimum absolute atomic E-state index is 1.41. The van der Waals surface area contributed by atoms with Crippen LogP contribution < -0.4 is 0 Å². The third-order valence-electron chi connectivity index (χ3n) is 1.03. The van der Waals surface area contributed by atoms with Gasteiger partial charge >= 0.3 is 0 Å². The van der Waals surface area contributed by atoms with Gasteiger partial charge in [-0.25, -0.2) is 0 Å². The molecule has 0 atom stereocenters. The largest absolute Gasteiger partial charge is 0.151 e. The van der Waals surface area contributed by atoms with E-state index in [2.05, 4.69) is 23.9 Å². The first-order valence-corrected chi connectivity index (χ1v) is 4.58. The summed E-state index contributed by atoms with van der Waals surface area (Å²) in [6, 6.07) is 0. The Kier molecular flexibility index (Phi) is 1.97. The molecular weight excluding hydrogens is 136 g/mol. The van der Waals surface area contributed by atoms with Gasteiger partial charge in [-0.2, -0.15) is 11.3 Å². The van der Waals surface area contributed by atoms with E-state index >= 15 is 0 Å². The third-order valence-corrected chi connectivity index (χ3v) is 2.92. The molecule has 1 heterocycles. The number of thiophene rings is 1. The van der Waals surface area contributed by atoms with Crippen LogP contribution in [0.15, 0.2) is 15.7 Å². The van der Waals surface area contributed by atoms with Crippen LogP contribution in [0.3, 0.4) is 0 Å². The minimum atomic E-state index is 1.41. The van der Waals surface area contributed by atoms with E-state index < -0.39 is 0 Å². The Labute approximate surface area is 57.9 Å². The third kappa shape index (κ3) is 1.06. The normalized spacial score (nSPS) is 9.75. The van der Waals surface area contributed by atoms with E-state index in [0.717, 1.165) is 0 Å².